The van der Waals surface area contributed by atoms with E-state index in [0.29, 0.717) is 6.54 Å². The fraction of sp³-hybridized carbons (Fsp3) is 0.176. The molecule has 108 valence electrons. The highest BCUT2D eigenvalue weighted by Gasteiger charge is 2.05. The highest BCUT2D eigenvalue weighted by molar-refractivity contribution is 9.10. The average Bonchev–Trinajstić information content (AvgIpc) is 2.95. The summed E-state index contributed by atoms with van der Waals surface area (Å²) in [6, 6.07) is 16.6. The molecule has 3 rings (SSSR count). The molecule has 3 aromatic rings. The van der Waals surface area contributed by atoms with Crippen LogP contribution in [0.3, 0.4) is 0 Å². The summed E-state index contributed by atoms with van der Waals surface area (Å²) in [7, 11) is 0. The van der Waals surface area contributed by atoms with Gasteiger partial charge in [0.2, 0.25) is 0 Å². The van der Waals surface area contributed by atoms with Gasteiger partial charge in [0, 0.05) is 15.5 Å². The Kier molecular flexibility index (Phi) is 4.56. The Labute approximate surface area is 137 Å². The van der Waals surface area contributed by atoms with E-state index in [0.717, 1.165) is 27.4 Å². The molecule has 0 unspecified atom stereocenters. The zero-order valence-electron chi connectivity index (χ0n) is 11.7. The third kappa shape index (κ3) is 3.27. The van der Waals surface area contributed by atoms with E-state index in [9.17, 15) is 0 Å². The molecule has 0 spiro atoms. The number of benzene rings is 2. The van der Waals surface area contributed by atoms with Crippen molar-refractivity contribution in [2.45, 2.75) is 12.3 Å². The van der Waals surface area contributed by atoms with Gasteiger partial charge in [0.15, 0.2) is 0 Å². The Morgan fingerprint density at radius 1 is 1.00 bits per heavy atom. The average molecular weight is 362 g/mol. The summed E-state index contributed by atoms with van der Waals surface area (Å²) in [5.74, 6) is 2.91. The molecule has 0 amide bonds. The molecule has 0 saturated carbocycles. The van der Waals surface area contributed by atoms with Gasteiger partial charge in [-0.2, -0.15) is 11.8 Å². The van der Waals surface area contributed by atoms with Crippen LogP contribution in [-0.2, 0) is 12.3 Å². The van der Waals surface area contributed by atoms with Crippen LogP contribution in [-0.4, -0.2) is 6.26 Å². The predicted octanol–water partition coefficient (Wildman–Crippen LogP) is 5.67. The molecule has 1 heterocycles. The molecule has 4 heteroatoms. The number of anilines is 1. The molecule has 21 heavy (non-hydrogen) atoms. The number of thioether (sulfide) groups is 1. The maximum atomic E-state index is 5.79. The maximum Gasteiger partial charge on any atom is 0.123 e. The van der Waals surface area contributed by atoms with Crippen molar-refractivity contribution in [2.24, 2.45) is 0 Å². The van der Waals surface area contributed by atoms with Crippen LogP contribution in [0.25, 0.3) is 10.8 Å². The van der Waals surface area contributed by atoms with Crippen LogP contribution >= 0.6 is 27.7 Å². The lowest BCUT2D eigenvalue weighted by molar-refractivity contribution is 0.487. The number of nitrogens with one attached hydrogen (secondary N) is 1. The quantitative estimate of drug-likeness (QED) is 0.633. The minimum atomic E-state index is 0.694. The molecule has 0 saturated heterocycles. The summed E-state index contributed by atoms with van der Waals surface area (Å²) in [4.78, 5) is 0. The summed E-state index contributed by atoms with van der Waals surface area (Å²) in [6.45, 7) is 0.694. The first-order chi connectivity index (χ1) is 10.3. The van der Waals surface area contributed by atoms with Crippen molar-refractivity contribution in [1.82, 2.24) is 0 Å². The summed E-state index contributed by atoms with van der Waals surface area (Å²) < 4.78 is 6.90. The third-order valence-electron chi connectivity index (χ3n) is 3.33. The number of furan rings is 1. The first-order valence-electron chi connectivity index (χ1n) is 6.75. The third-order valence-corrected chi connectivity index (χ3v) is 4.59. The first kappa shape index (κ1) is 14.5. The Hall–Kier alpha value is -1.39. The second-order valence-electron chi connectivity index (χ2n) is 4.80. The molecule has 1 aromatic heterocycles. The van der Waals surface area contributed by atoms with E-state index in [1.165, 1.54) is 10.8 Å². The summed E-state index contributed by atoms with van der Waals surface area (Å²) in [6.07, 6.45) is 2.08. The minimum absolute atomic E-state index is 0.694. The van der Waals surface area contributed by atoms with Gasteiger partial charge in [-0.15, -0.1) is 0 Å². The molecule has 0 atom stereocenters. The van der Waals surface area contributed by atoms with Crippen LogP contribution in [0.2, 0.25) is 0 Å². The van der Waals surface area contributed by atoms with Gasteiger partial charge in [0.1, 0.15) is 11.5 Å². The van der Waals surface area contributed by atoms with E-state index in [2.05, 4.69) is 63.9 Å². The molecular formula is C17H16BrNOS. The number of halogens is 1. The predicted molar refractivity (Wildman–Crippen MR) is 94.9 cm³/mol. The van der Waals surface area contributed by atoms with E-state index < -0.39 is 0 Å². The maximum absolute atomic E-state index is 5.79. The molecule has 0 radical (unpaired) electrons. The second kappa shape index (κ2) is 6.58. The largest absolute Gasteiger partial charge is 0.463 e. The van der Waals surface area contributed by atoms with Gasteiger partial charge in [-0.05, 0) is 35.9 Å². The molecule has 2 nitrogen and oxygen atoms in total. The van der Waals surface area contributed by atoms with Gasteiger partial charge in [-0.3, -0.25) is 0 Å². The SMILES string of the molecule is CSCc1ccc(CNc2ccc(Br)c3ccccc23)o1. The van der Waals surface area contributed by atoms with Gasteiger partial charge >= 0.3 is 0 Å². The van der Waals surface area contributed by atoms with Crippen LogP contribution in [0.15, 0.2) is 57.4 Å². The van der Waals surface area contributed by atoms with Crippen LogP contribution in [0.1, 0.15) is 11.5 Å². The number of hydrogen-bond acceptors (Lipinski definition) is 3. The molecule has 0 aliphatic heterocycles. The van der Waals surface area contributed by atoms with Crippen molar-refractivity contribution in [3.05, 3.63) is 64.5 Å². The van der Waals surface area contributed by atoms with Crippen molar-refractivity contribution >= 4 is 44.2 Å². The smallest absolute Gasteiger partial charge is 0.123 e. The lowest BCUT2D eigenvalue weighted by Crippen LogP contribution is -1.98. The fourth-order valence-corrected chi connectivity index (χ4v) is 3.25. The van der Waals surface area contributed by atoms with Gasteiger partial charge in [0.25, 0.3) is 0 Å². The lowest BCUT2D eigenvalue weighted by Gasteiger charge is -2.10. The van der Waals surface area contributed by atoms with E-state index in [1.54, 1.807) is 11.8 Å². The van der Waals surface area contributed by atoms with Crippen molar-refractivity contribution < 1.29 is 4.42 Å². The monoisotopic (exact) mass is 361 g/mol. The van der Waals surface area contributed by atoms with Crippen molar-refractivity contribution in [3.63, 3.8) is 0 Å². The fourth-order valence-electron chi connectivity index (χ4n) is 2.34. The van der Waals surface area contributed by atoms with Crippen molar-refractivity contribution in [1.29, 1.82) is 0 Å². The van der Waals surface area contributed by atoms with E-state index in [-0.39, 0.29) is 0 Å². The molecule has 0 aliphatic rings. The summed E-state index contributed by atoms with van der Waals surface area (Å²) in [5, 5.41) is 5.89. The van der Waals surface area contributed by atoms with Crippen molar-refractivity contribution in [3.8, 4) is 0 Å². The topological polar surface area (TPSA) is 25.2 Å². The highest BCUT2D eigenvalue weighted by atomic mass is 79.9. The number of fused-ring (bicyclic) bond motifs is 1. The second-order valence-corrected chi connectivity index (χ2v) is 6.52. The molecule has 0 bridgehead atoms. The van der Waals surface area contributed by atoms with Gasteiger partial charge in [-0.25, -0.2) is 0 Å². The van der Waals surface area contributed by atoms with Crippen molar-refractivity contribution in [2.75, 3.05) is 11.6 Å². The molecule has 0 aliphatic carbocycles. The van der Waals surface area contributed by atoms with E-state index in [4.69, 9.17) is 4.42 Å². The minimum Gasteiger partial charge on any atom is -0.463 e. The first-order valence-corrected chi connectivity index (χ1v) is 8.94. The molecule has 1 N–H and O–H groups in total. The van der Waals surface area contributed by atoms with Crippen LogP contribution in [0, 0.1) is 0 Å². The van der Waals surface area contributed by atoms with Crippen LogP contribution in [0.4, 0.5) is 5.69 Å². The Balaban J connectivity index is 1.80. The van der Waals surface area contributed by atoms with Gasteiger partial charge < -0.3 is 9.73 Å². The van der Waals surface area contributed by atoms with Crippen LogP contribution in [0.5, 0.6) is 0 Å². The summed E-state index contributed by atoms with van der Waals surface area (Å²) in [5.41, 5.74) is 1.12. The summed E-state index contributed by atoms with van der Waals surface area (Å²) >= 11 is 5.37. The zero-order valence-corrected chi connectivity index (χ0v) is 14.1. The molecule has 2 aromatic carbocycles. The van der Waals surface area contributed by atoms with Gasteiger partial charge in [-0.1, -0.05) is 40.2 Å². The zero-order chi connectivity index (χ0) is 14.7. The standard InChI is InChI=1S/C17H16BrNOS/c1-21-11-13-7-6-12(20-13)10-19-17-9-8-16(18)14-4-2-3-5-15(14)17/h2-9,19H,10-11H2,1H3. The Morgan fingerprint density at radius 3 is 2.57 bits per heavy atom. The number of hydrogen-bond donors (Lipinski definition) is 1. The normalized spacial score (nSPS) is 11.0. The van der Waals surface area contributed by atoms with E-state index in [1.807, 2.05) is 12.1 Å². The van der Waals surface area contributed by atoms with E-state index >= 15 is 0 Å². The lowest BCUT2D eigenvalue weighted by atomic mass is 10.1. The Morgan fingerprint density at radius 2 is 1.76 bits per heavy atom. The van der Waals surface area contributed by atoms with Gasteiger partial charge in [0.05, 0.1) is 12.3 Å². The number of rotatable bonds is 5. The Bertz CT molecular complexity index is 753. The highest BCUT2D eigenvalue weighted by Crippen LogP contribution is 2.30. The molecule has 0 fully saturated rings. The molecular weight excluding hydrogens is 346 g/mol. The van der Waals surface area contributed by atoms with Crippen LogP contribution < -0.4 is 5.32 Å².